The van der Waals surface area contributed by atoms with Crippen LogP contribution in [-0.2, 0) is 20.7 Å². The molecule has 1 N–H and O–H groups in total. The molecule has 1 unspecified atom stereocenters. The molecule has 1 heterocycles. The van der Waals surface area contributed by atoms with Crippen LogP contribution in [0.1, 0.15) is 43.8 Å². The number of benzene rings is 1. The van der Waals surface area contributed by atoms with E-state index in [-0.39, 0.29) is 18.6 Å². The fraction of sp³-hybridized carbons (Fsp3) is 0.350. The second-order valence-electron chi connectivity index (χ2n) is 6.35. The smallest absolute Gasteiger partial charge is 0.408 e. The molecule has 2 rings (SSSR count). The minimum Gasteiger partial charge on any atom is -0.460 e. The number of alkyl carbamates (subject to hydrolysis) is 1. The molecule has 1 amide bonds. The predicted molar refractivity (Wildman–Crippen MR) is 99.9 cm³/mol. The molecule has 2 aromatic rings. The maximum absolute atomic E-state index is 12.3. The number of hydrogen-bond acceptors (Lipinski definition) is 7. The number of hydrogen-bond donors (Lipinski definition) is 1. The Bertz CT molecular complexity index is 832. The van der Waals surface area contributed by atoms with Gasteiger partial charge in [0.05, 0.1) is 30.2 Å². The Balaban J connectivity index is 2.03. The van der Waals surface area contributed by atoms with Crippen LogP contribution in [0.25, 0.3) is 0 Å². The van der Waals surface area contributed by atoms with Crippen molar-refractivity contribution in [2.45, 2.75) is 45.4 Å². The summed E-state index contributed by atoms with van der Waals surface area (Å²) in [7, 11) is 0. The number of nitrogens with one attached hydrogen (secondary N) is 1. The van der Waals surface area contributed by atoms with Crippen LogP contribution >= 0.6 is 0 Å². The highest BCUT2D eigenvalue weighted by molar-refractivity contribution is 5.79. The minimum atomic E-state index is -1.17. The van der Waals surface area contributed by atoms with Crippen molar-refractivity contribution < 1.29 is 19.1 Å². The van der Waals surface area contributed by atoms with Gasteiger partial charge < -0.3 is 14.8 Å². The number of ether oxygens (including phenoxy) is 2. The maximum atomic E-state index is 12.3. The van der Waals surface area contributed by atoms with Crippen molar-refractivity contribution in [3.05, 3.63) is 59.7 Å². The fourth-order valence-electron chi connectivity index (χ4n) is 2.35. The number of aromatic nitrogens is 2. The number of nitrogens with zero attached hydrogens (tertiary/aromatic N) is 3. The van der Waals surface area contributed by atoms with Gasteiger partial charge in [0, 0.05) is 12.4 Å². The van der Waals surface area contributed by atoms with Crippen molar-refractivity contribution in [2.24, 2.45) is 0 Å². The molecular formula is C20H22N4O4. The molecule has 0 saturated heterocycles. The molecule has 0 fully saturated rings. The standard InChI is InChI=1S/C20H22N4O4/c1-13(2)27-19(25)17(11-18-22-9-4-10-23-18)28-20(26)24-14(3)16-7-5-15(12-21)6-8-16/h4-10,13-14,17H,11H2,1-3H3,(H,24,26)/t14-,17?/m0/s1. The summed E-state index contributed by atoms with van der Waals surface area (Å²) in [4.78, 5) is 32.7. The van der Waals surface area contributed by atoms with Gasteiger partial charge in [-0.3, -0.25) is 0 Å². The molecule has 2 atom stereocenters. The highest BCUT2D eigenvalue weighted by atomic mass is 16.6. The molecule has 146 valence electrons. The number of carbonyl (C=O) groups is 2. The second-order valence-corrected chi connectivity index (χ2v) is 6.35. The van der Waals surface area contributed by atoms with Gasteiger partial charge in [-0.05, 0) is 44.5 Å². The van der Waals surface area contributed by atoms with Crippen molar-refractivity contribution in [3.63, 3.8) is 0 Å². The SMILES string of the molecule is CC(C)OC(=O)C(Cc1ncccn1)OC(=O)N[C@@H](C)c1ccc(C#N)cc1. The summed E-state index contributed by atoms with van der Waals surface area (Å²) in [5.74, 6) is -0.301. The molecule has 0 saturated carbocycles. The lowest BCUT2D eigenvalue weighted by atomic mass is 10.1. The van der Waals surface area contributed by atoms with E-state index in [0.717, 1.165) is 5.56 Å². The summed E-state index contributed by atoms with van der Waals surface area (Å²) in [6.07, 6.45) is 0.804. The van der Waals surface area contributed by atoms with E-state index in [1.54, 1.807) is 63.5 Å². The van der Waals surface area contributed by atoms with E-state index in [9.17, 15) is 9.59 Å². The van der Waals surface area contributed by atoms with Crippen LogP contribution in [-0.4, -0.2) is 34.2 Å². The van der Waals surface area contributed by atoms with Crippen LogP contribution in [0.3, 0.4) is 0 Å². The van der Waals surface area contributed by atoms with Gasteiger partial charge in [0.15, 0.2) is 0 Å². The summed E-state index contributed by atoms with van der Waals surface area (Å²) in [5.41, 5.74) is 1.32. The van der Waals surface area contributed by atoms with Gasteiger partial charge in [-0.25, -0.2) is 19.6 Å². The minimum absolute atomic E-state index is 0.00502. The molecule has 8 heteroatoms. The molecule has 1 aromatic carbocycles. The second kappa shape index (κ2) is 10.0. The average molecular weight is 382 g/mol. The highest BCUT2D eigenvalue weighted by Gasteiger charge is 2.27. The van der Waals surface area contributed by atoms with Gasteiger partial charge in [-0.1, -0.05) is 12.1 Å². The van der Waals surface area contributed by atoms with Crippen LogP contribution in [0, 0.1) is 11.3 Å². The van der Waals surface area contributed by atoms with Gasteiger partial charge in [0.25, 0.3) is 0 Å². The van der Waals surface area contributed by atoms with Gasteiger partial charge in [-0.15, -0.1) is 0 Å². The van der Waals surface area contributed by atoms with Crippen molar-refractivity contribution in [1.29, 1.82) is 5.26 Å². The molecule has 28 heavy (non-hydrogen) atoms. The third kappa shape index (κ3) is 6.36. The van der Waals surface area contributed by atoms with Gasteiger partial charge in [0.1, 0.15) is 5.82 Å². The third-order valence-electron chi connectivity index (χ3n) is 3.73. The Morgan fingerprint density at radius 1 is 1.11 bits per heavy atom. The summed E-state index contributed by atoms with van der Waals surface area (Å²) in [6.45, 7) is 5.19. The summed E-state index contributed by atoms with van der Waals surface area (Å²) >= 11 is 0. The third-order valence-corrected chi connectivity index (χ3v) is 3.73. The van der Waals surface area contributed by atoms with E-state index in [1.165, 1.54) is 0 Å². The quantitative estimate of drug-likeness (QED) is 0.732. The first-order chi connectivity index (χ1) is 13.4. The zero-order valence-electron chi connectivity index (χ0n) is 16.0. The molecule has 0 aliphatic carbocycles. The molecule has 0 bridgehead atoms. The molecule has 0 spiro atoms. The lowest BCUT2D eigenvalue weighted by Gasteiger charge is -2.20. The van der Waals surface area contributed by atoms with Gasteiger partial charge in [0.2, 0.25) is 6.10 Å². The topological polar surface area (TPSA) is 114 Å². The normalized spacial score (nSPS) is 12.5. The Morgan fingerprint density at radius 3 is 2.32 bits per heavy atom. The number of esters is 1. The molecule has 1 aromatic heterocycles. The number of carbonyl (C=O) groups excluding carboxylic acids is 2. The first-order valence-electron chi connectivity index (χ1n) is 8.82. The maximum Gasteiger partial charge on any atom is 0.408 e. The lowest BCUT2D eigenvalue weighted by molar-refractivity contribution is -0.157. The zero-order chi connectivity index (χ0) is 20.5. The van der Waals surface area contributed by atoms with Crippen molar-refractivity contribution >= 4 is 12.1 Å². The van der Waals surface area contributed by atoms with Crippen molar-refractivity contribution in [3.8, 4) is 6.07 Å². The number of rotatable bonds is 7. The van der Waals surface area contributed by atoms with Crippen molar-refractivity contribution in [1.82, 2.24) is 15.3 Å². The first-order valence-corrected chi connectivity index (χ1v) is 8.82. The summed E-state index contributed by atoms with van der Waals surface area (Å²) < 4.78 is 10.5. The lowest BCUT2D eigenvalue weighted by Crippen LogP contribution is -2.38. The van der Waals surface area contributed by atoms with Crippen LogP contribution in [0.4, 0.5) is 4.79 Å². The number of nitriles is 1. The molecular weight excluding hydrogens is 360 g/mol. The van der Waals surface area contributed by atoms with Gasteiger partial charge in [-0.2, -0.15) is 5.26 Å². The fourth-order valence-corrected chi connectivity index (χ4v) is 2.35. The van der Waals surface area contributed by atoms with Crippen LogP contribution < -0.4 is 5.32 Å². The average Bonchev–Trinajstić information content (AvgIpc) is 2.67. The predicted octanol–water partition coefficient (Wildman–Crippen LogP) is 2.70. The van der Waals surface area contributed by atoms with E-state index in [2.05, 4.69) is 15.3 Å². The summed E-state index contributed by atoms with van der Waals surface area (Å²) in [5, 5.41) is 11.5. The molecule has 0 radical (unpaired) electrons. The van der Waals surface area contributed by atoms with Crippen LogP contribution in [0.2, 0.25) is 0 Å². The van der Waals surface area contributed by atoms with E-state index >= 15 is 0 Å². The molecule has 0 aliphatic rings. The van der Waals surface area contributed by atoms with Gasteiger partial charge >= 0.3 is 12.1 Å². The highest BCUT2D eigenvalue weighted by Crippen LogP contribution is 2.14. The summed E-state index contributed by atoms with van der Waals surface area (Å²) in [6, 6.07) is 10.1. The Hall–Kier alpha value is -3.47. The Morgan fingerprint density at radius 2 is 1.75 bits per heavy atom. The van der Waals surface area contributed by atoms with E-state index in [0.29, 0.717) is 11.4 Å². The molecule has 0 aliphatic heterocycles. The molecule has 8 nitrogen and oxygen atoms in total. The Labute approximate surface area is 163 Å². The van der Waals surface area contributed by atoms with E-state index in [4.69, 9.17) is 14.7 Å². The van der Waals surface area contributed by atoms with E-state index in [1.807, 2.05) is 6.07 Å². The Kier molecular flexibility index (Phi) is 7.45. The van der Waals surface area contributed by atoms with Crippen LogP contribution in [0.15, 0.2) is 42.7 Å². The zero-order valence-corrected chi connectivity index (χ0v) is 16.0. The number of amides is 1. The largest absolute Gasteiger partial charge is 0.460 e. The monoisotopic (exact) mass is 382 g/mol. The van der Waals surface area contributed by atoms with Crippen molar-refractivity contribution in [2.75, 3.05) is 0 Å². The van der Waals surface area contributed by atoms with E-state index < -0.39 is 18.2 Å². The first kappa shape index (κ1) is 20.8. The van der Waals surface area contributed by atoms with Crippen LogP contribution in [0.5, 0.6) is 0 Å².